The Morgan fingerprint density at radius 2 is 1.44 bits per heavy atom. The van der Waals surface area contributed by atoms with Gasteiger partial charge in [0.05, 0.1) is 26.4 Å². The van der Waals surface area contributed by atoms with Crippen LogP contribution in [0.3, 0.4) is 0 Å². The molecule has 4 nitrogen and oxygen atoms in total. The van der Waals surface area contributed by atoms with E-state index in [1.165, 1.54) is 10.4 Å². The number of hydrogen-bond donors (Lipinski definition) is 1. The molecule has 0 amide bonds. The summed E-state index contributed by atoms with van der Waals surface area (Å²) in [5.74, 6) is 0.793. The summed E-state index contributed by atoms with van der Waals surface area (Å²) in [6, 6.07) is 28.7. The van der Waals surface area contributed by atoms with Gasteiger partial charge in [0.1, 0.15) is 11.9 Å². The summed E-state index contributed by atoms with van der Waals surface area (Å²) in [6.45, 7) is 11.2. The molecule has 3 aromatic carbocycles. The van der Waals surface area contributed by atoms with Gasteiger partial charge in [-0.3, -0.25) is 0 Å². The maximum Gasteiger partial charge on any atom is 0.261 e. The van der Waals surface area contributed by atoms with Crippen LogP contribution in [0.2, 0.25) is 5.04 Å². The Labute approximate surface area is 225 Å². The molecular weight excluding hydrogens is 532 g/mol. The molecule has 0 aliphatic heterocycles. The number of methoxy groups -OCH3 is 1. The number of ether oxygens (including phenoxy) is 2. The normalized spacial score (nSPS) is 13.7. The fourth-order valence-electron chi connectivity index (χ4n) is 4.52. The number of aliphatic hydroxyl groups excluding tert-OH is 1. The van der Waals surface area contributed by atoms with Gasteiger partial charge in [0.25, 0.3) is 8.32 Å². The van der Waals surface area contributed by atoms with Gasteiger partial charge in [-0.25, -0.2) is 0 Å². The molecule has 0 heterocycles. The van der Waals surface area contributed by atoms with Crippen LogP contribution >= 0.6 is 15.9 Å². The summed E-state index contributed by atoms with van der Waals surface area (Å²) in [5, 5.41) is 13.3. The highest BCUT2D eigenvalue weighted by atomic mass is 79.9. The predicted molar refractivity (Wildman–Crippen MR) is 154 cm³/mol. The van der Waals surface area contributed by atoms with E-state index in [2.05, 4.69) is 91.8 Å². The second-order valence-corrected chi connectivity index (χ2v) is 15.4. The van der Waals surface area contributed by atoms with Gasteiger partial charge in [-0.1, -0.05) is 116 Å². The van der Waals surface area contributed by atoms with Crippen molar-refractivity contribution in [3.05, 3.63) is 102 Å². The SMILES string of the molecule is C=C(Br)C[C@H](O)[C@H](CO[Si](c1ccccc1)(c1ccccc1)C(C)(C)C)OCc1ccc(OC)cc1. The Balaban J connectivity index is 1.93. The summed E-state index contributed by atoms with van der Waals surface area (Å²) >= 11 is 3.39. The molecule has 1 N–H and O–H groups in total. The topological polar surface area (TPSA) is 47.9 Å². The molecule has 0 bridgehead atoms. The number of hydrogen-bond acceptors (Lipinski definition) is 4. The van der Waals surface area contributed by atoms with Gasteiger partial charge in [-0.15, -0.1) is 0 Å². The average molecular weight is 570 g/mol. The van der Waals surface area contributed by atoms with Crippen molar-refractivity contribution in [1.82, 2.24) is 0 Å². The van der Waals surface area contributed by atoms with Crippen molar-refractivity contribution in [3.63, 3.8) is 0 Å². The first kappa shape index (κ1) is 28.3. The molecule has 192 valence electrons. The largest absolute Gasteiger partial charge is 0.497 e. The second-order valence-electron chi connectivity index (χ2n) is 9.96. The van der Waals surface area contributed by atoms with Crippen LogP contribution in [-0.2, 0) is 15.8 Å². The van der Waals surface area contributed by atoms with Crippen LogP contribution in [0.4, 0.5) is 0 Å². The van der Waals surface area contributed by atoms with E-state index >= 15 is 0 Å². The first-order chi connectivity index (χ1) is 17.2. The third kappa shape index (κ3) is 6.96. The van der Waals surface area contributed by atoms with Crippen LogP contribution in [0, 0.1) is 0 Å². The molecule has 0 saturated heterocycles. The highest BCUT2D eigenvalue weighted by Crippen LogP contribution is 2.37. The summed E-state index contributed by atoms with van der Waals surface area (Å²) in [7, 11) is -1.11. The lowest BCUT2D eigenvalue weighted by molar-refractivity contribution is -0.0662. The van der Waals surface area contributed by atoms with Gasteiger partial charge < -0.3 is 19.0 Å². The standard InChI is InChI=1S/C30H37BrO4Si/c1-23(31)20-28(32)29(34-21-24-16-18-25(33-5)19-17-24)22-35-36(30(2,3)4,26-12-8-6-9-13-26)27-14-10-7-11-15-27/h6-19,28-29,32H,1,20-22H2,2-5H3/t28-,29-/m0/s1. The zero-order valence-electron chi connectivity index (χ0n) is 21.6. The number of aliphatic hydroxyl groups is 1. The molecule has 0 saturated carbocycles. The average Bonchev–Trinajstić information content (AvgIpc) is 2.86. The minimum Gasteiger partial charge on any atom is -0.497 e. The van der Waals surface area contributed by atoms with Crippen LogP contribution in [0.5, 0.6) is 5.75 Å². The van der Waals surface area contributed by atoms with Gasteiger partial charge >= 0.3 is 0 Å². The Morgan fingerprint density at radius 1 is 0.917 bits per heavy atom. The summed E-state index contributed by atoms with van der Waals surface area (Å²) in [5.41, 5.74) is 0.996. The lowest BCUT2D eigenvalue weighted by Gasteiger charge is -2.44. The Morgan fingerprint density at radius 3 is 1.89 bits per heavy atom. The highest BCUT2D eigenvalue weighted by Gasteiger charge is 2.50. The lowest BCUT2D eigenvalue weighted by atomic mass is 10.1. The van der Waals surface area contributed by atoms with E-state index in [1.807, 2.05) is 36.4 Å². The minimum absolute atomic E-state index is 0.166. The molecule has 0 fully saturated rings. The minimum atomic E-state index is -2.76. The van der Waals surface area contributed by atoms with Crippen LogP contribution in [-0.4, -0.2) is 39.3 Å². The third-order valence-corrected chi connectivity index (χ3v) is 11.7. The molecule has 0 aliphatic carbocycles. The smallest absolute Gasteiger partial charge is 0.261 e. The van der Waals surface area contributed by atoms with E-state index in [4.69, 9.17) is 13.9 Å². The first-order valence-electron chi connectivity index (χ1n) is 12.2. The van der Waals surface area contributed by atoms with E-state index in [1.54, 1.807) is 7.11 Å². The molecule has 6 heteroatoms. The quantitative estimate of drug-likeness (QED) is 0.280. The molecule has 0 spiro atoms. The highest BCUT2D eigenvalue weighted by molar-refractivity contribution is 9.11. The zero-order valence-corrected chi connectivity index (χ0v) is 24.2. The Hall–Kier alpha value is -2.22. The van der Waals surface area contributed by atoms with E-state index in [0.29, 0.717) is 13.0 Å². The van der Waals surface area contributed by atoms with Crippen LogP contribution < -0.4 is 15.1 Å². The van der Waals surface area contributed by atoms with Gasteiger partial charge in [-0.2, -0.15) is 0 Å². The molecule has 3 rings (SSSR count). The Bertz CT molecular complexity index is 1040. The van der Waals surface area contributed by atoms with Crippen molar-refractivity contribution in [3.8, 4) is 5.75 Å². The maximum atomic E-state index is 11.1. The molecule has 0 unspecified atom stereocenters. The molecule has 36 heavy (non-hydrogen) atoms. The summed E-state index contributed by atoms with van der Waals surface area (Å²) in [6.07, 6.45) is -0.936. The van der Waals surface area contributed by atoms with Gasteiger partial charge in [0, 0.05) is 6.42 Å². The maximum absolute atomic E-state index is 11.1. The van der Waals surface area contributed by atoms with Crippen LogP contribution in [0.1, 0.15) is 32.8 Å². The first-order valence-corrected chi connectivity index (χ1v) is 14.9. The van der Waals surface area contributed by atoms with E-state index in [-0.39, 0.29) is 11.6 Å². The molecule has 0 aromatic heterocycles. The van der Waals surface area contributed by atoms with Crippen molar-refractivity contribution in [2.45, 2.75) is 51.0 Å². The van der Waals surface area contributed by atoms with Crippen LogP contribution in [0.15, 0.2) is 96.0 Å². The van der Waals surface area contributed by atoms with E-state index in [9.17, 15) is 5.11 Å². The predicted octanol–water partition coefficient (Wildman–Crippen LogP) is 5.82. The van der Waals surface area contributed by atoms with Crippen molar-refractivity contribution in [2.24, 2.45) is 0 Å². The summed E-state index contributed by atoms with van der Waals surface area (Å²) < 4.78 is 19.3. The number of rotatable bonds is 12. The molecule has 0 aliphatic rings. The van der Waals surface area contributed by atoms with E-state index < -0.39 is 20.5 Å². The zero-order chi connectivity index (χ0) is 26.2. The fourth-order valence-corrected chi connectivity index (χ4v) is 9.42. The van der Waals surface area contributed by atoms with Gasteiger partial charge in [0.2, 0.25) is 0 Å². The van der Waals surface area contributed by atoms with E-state index in [0.717, 1.165) is 15.8 Å². The molecule has 3 aromatic rings. The fraction of sp³-hybridized carbons (Fsp3) is 0.333. The van der Waals surface area contributed by atoms with Crippen molar-refractivity contribution in [2.75, 3.05) is 13.7 Å². The number of halogens is 1. The summed E-state index contributed by atoms with van der Waals surface area (Å²) in [4.78, 5) is 0. The Kier molecular flexibility index (Phi) is 10.1. The third-order valence-electron chi connectivity index (χ3n) is 6.36. The molecule has 2 atom stereocenters. The lowest BCUT2D eigenvalue weighted by Crippen LogP contribution is -2.67. The van der Waals surface area contributed by atoms with Crippen molar-refractivity contribution in [1.29, 1.82) is 0 Å². The van der Waals surface area contributed by atoms with Crippen molar-refractivity contribution < 1.29 is 19.0 Å². The molecule has 0 radical (unpaired) electrons. The molecular formula is C30H37BrO4Si. The van der Waals surface area contributed by atoms with Gasteiger partial charge in [-0.05, 0) is 37.6 Å². The van der Waals surface area contributed by atoms with Crippen molar-refractivity contribution >= 4 is 34.6 Å². The number of benzene rings is 3. The van der Waals surface area contributed by atoms with Crippen LogP contribution in [0.25, 0.3) is 0 Å². The second kappa shape index (κ2) is 12.8. The monoisotopic (exact) mass is 568 g/mol. The van der Waals surface area contributed by atoms with Gasteiger partial charge in [0.15, 0.2) is 0 Å².